The van der Waals surface area contributed by atoms with Crippen LogP contribution in [0.4, 0.5) is 0 Å². The minimum absolute atomic E-state index is 0.229. The SMILES string of the molecule is CCCN(CC1(CNC(C)(C)C)CCCCCC1)C(C)C. The summed E-state index contributed by atoms with van der Waals surface area (Å²) in [6.07, 6.45) is 9.79. The first-order chi connectivity index (χ1) is 9.78. The Balaban J connectivity index is 2.78. The zero-order valence-corrected chi connectivity index (χ0v) is 15.6. The number of nitrogens with one attached hydrogen (secondary N) is 1. The van der Waals surface area contributed by atoms with Crippen LogP contribution in [0.5, 0.6) is 0 Å². The molecule has 1 fully saturated rings. The highest BCUT2D eigenvalue weighted by Gasteiger charge is 2.34. The van der Waals surface area contributed by atoms with Crippen LogP contribution in [0.2, 0.25) is 0 Å². The van der Waals surface area contributed by atoms with Gasteiger partial charge in [-0.25, -0.2) is 0 Å². The highest BCUT2D eigenvalue weighted by Crippen LogP contribution is 2.36. The molecule has 0 aromatic heterocycles. The van der Waals surface area contributed by atoms with Crippen LogP contribution >= 0.6 is 0 Å². The normalized spacial score (nSPS) is 20.0. The Bertz CT molecular complexity index is 270. The Hall–Kier alpha value is -0.0800. The predicted octanol–water partition coefficient (Wildman–Crippen LogP) is 4.84. The lowest BCUT2D eigenvalue weighted by Gasteiger charge is -2.41. The molecule has 0 unspecified atom stereocenters. The van der Waals surface area contributed by atoms with Crippen molar-refractivity contribution in [1.82, 2.24) is 10.2 Å². The van der Waals surface area contributed by atoms with Gasteiger partial charge in [-0.1, -0.05) is 32.6 Å². The molecule has 1 rings (SSSR count). The Morgan fingerprint density at radius 2 is 1.62 bits per heavy atom. The Labute approximate surface area is 134 Å². The zero-order valence-electron chi connectivity index (χ0n) is 15.6. The van der Waals surface area contributed by atoms with Crippen LogP contribution < -0.4 is 5.32 Å². The van der Waals surface area contributed by atoms with E-state index in [1.165, 1.54) is 64.6 Å². The summed E-state index contributed by atoms with van der Waals surface area (Å²) in [7, 11) is 0. The summed E-state index contributed by atoms with van der Waals surface area (Å²) in [6, 6.07) is 0.666. The number of rotatable bonds is 7. The minimum Gasteiger partial charge on any atom is -0.311 e. The molecule has 0 heterocycles. The quantitative estimate of drug-likeness (QED) is 0.677. The van der Waals surface area contributed by atoms with Crippen LogP contribution in [0, 0.1) is 5.41 Å². The summed E-state index contributed by atoms with van der Waals surface area (Å²) in [5.74, 6) is 0. The number of hydrogen-bond acceptors (Lipinski definition) is 2. The fourth-order valence-electron chi connectivity index (χ4n) is 3.56. The van der Waals surface area contributed by atoms with Gasteiger partial charge >= 0.3 is 0 Å². The molecule has 0 radical (unpaired) electrons. The van der Waals surface area contributed by atoms with Gasteiger partial charge in [-0.15, -0.1) is 0 Å². The van der Waals surface area contributed by atoms with Gasteiger partial charge in [0.1, 0.15) is 0 Å². The van der Waals surface area contributed by atoms with E-state index in [1.54, 1.807) is 0 Å². The monoisotopic (exact) mass is 296 g/mol. The lowest BCUT2D eigenvalue weighted by atomic mass is 9.78. The molecule has 2 heteroatoms. The van der Waals surface area contributed by atoms with Crippen LogP contribution in [-0.2, 0) is 0 Å². The summed E-state index contributed by atoms with van der Waals surface area (Å²) < 4.78 is 0. The highest BCUT2D eigenvalue weighted by atomic mass is 15.2. The second-order valence-electron chi connectivity index (χ2n) is 8.58. The first-order valence-corrected chi connectivity index (χ1v) is 9.27. The van der Waals surface area contributed by atoms with E-state index >= 15 is 0 Å². The van der Waals surface area contributed by atoms with Gasteiger partial charge in [0, 0.05) is 24.7 Å². The average Bonchev–Trinajstić information content (AvgIpc) is 2.61. The Kier molecular flexibility index (Phi) is 7.70. The third-order valence-electron chi connectivity index (χ3n) is 4.94. The van der Waals surface area contributed by atoms with Crippen LogP contribution in [-0.4, -0.2) is 36.1 Å². The second kappa shape index (κ2) is 8.53. The predicted molar refractivity (Wildman–Crippen MR) is 94.9 cm³/mol. The highest BCUT2D eigenvalue weighted by molar-refractivity contribution is 4.89. The number of hydrogen-bond donors (Lipinski definition) is 1. The maximum absolute atomic E-state index is 3.82. The van der Waals surface area contributed by atoms with Gasteiger partial charge < -0.3 is 10.2 Å². The molecule has 0 aromatic carbocycles. The van der Waals surface area contributed by atoms with Gasteiger partial charge in [-0.05, 0) is 65.8 Å². The molecule has 1 N–H and O–H groups in total. The maximum Gasteiger partial charge on any atom is 0.00967 e. The molecule has 0 atom stereocenters. The molecule has 2 nitrogen and oxygen atoms in total. The summed E-state index contributed by atoms with van der Waals surface area (Å²) in [4.78, 5) is 2.72. The molecular weight excluding hydrogens is 256 g/mol. The molecule has 0 amide bonds. The summed E-state index contributed by atoms with van der Waals surface area (Å²) >= 11 is 0. The first-order valence-electron chi connectivity index (χ1n) is 9.27. The van der Waals surface area contributed by atoms with Crippen molar-refractivity contribution in [3.8, 4) is 0 Å². The molecule has 126 valence electrons. The van der Waals surface area contributed by atoms with Crippen LogP contribution in [0.15, 0.2) is 0 Å². The molecule has 0 aliphatic heterocycles. The molecule has 0 bridgehead atoms. The largest absolute Gasteiger partial charge is 0.311 e. The van der Waals surface area contributed by atoms with Crippen molar-refractivity contribution in [1.29, 1.82) is 0 Å². The van der Waals surface area contributed by atoms with Gasteiger partial charge in [-0.3, -0.25) is 0 Å². The lowest BCUT2D eigenvalue weighted by molar-refractivity contribution is 0.0971. The molecule has 0 saturated heterocycles. The molecule has 0 aromatic rings. The third kappa shape index (κ3) is 7.15. The molecule has 1 saturated carbocycles. The zero-order chi connectivity index (χ0) is 15.9. The van der Waals surface area contributed by atoms with E-state index in [4.69, 9.17) is 0 Å². The van der Waals surface area contributed by atoms with E-state index < -0.39 is 0 Å². The molecular formula is C19H40N2. The second-order valence-corrected chi connectivity index (χ2v) is 8.58. The fraction of sp³-hybridized carbons (Fsp3) is 1.00. The van der Waals surface area contributed by atoms with Crippen molar-refractivity contribution in [3.05, 3.63) is 0 Å². The van der Waals surface area contributed by atoms with E-state index in [0.717, 1.165) is 0 Å². The van der Waals surface area contributed by atoms with Gasteiger partial charge in [0.25, 0.3) is 0 Å². The van der Waals surface area contributed by atoms with Crippen molar-refractivity contribution >= 4 is 0 Å². The topological polar surface area (TPSA) is 15.3 Å². The van der Waals surface area contributed by atoms with E-state index in [9.17, 15) is 0 Å². The van der Waals surface area contributed by atoms with Gasteiger partial charge in [0.05, 0.1) is 0 Å². The van der Waals surface area contributed by atoms with Crippen molar-refractivity contribution in [2.24, 2.45) is 5.41 Å². The number of nitrogens with zero attached hydrogens (tertiary/aromatic N) is 1. The third-order valence-corrected chi connectivity index (χ3v) is 4.94. The summed E-state index contributed by atoms with van der Waals surface area (Å²) in [6.45, 7) is 17.6. The molecule has 1 aliphatic rings. The molecule has 1 aliphatic carbocycles. The van der Waals surface area contributed by atoms with Crippen LogP contribution in [0.3, 0.4) is 0 Å². The van der Waals surface area contributed by atoms with Gasteiger partial charge in [0.2, 0.25) is 0 Å². The fourth-order valence-corrected chi connectivity index (χ4v) is 3.56. The van der Waals surface area contributed by atoms with Crippen LogP contribution in [0.1, 0.15) is 86.5 Å². The van der Waals surface area contributed by atoms with E-state index in [0.29, 0.717) is 11.5 Å². The Morgan fingerprint density at radius 3 is 2.05 bits per heavy atom. The maximum atomic E-state index is 3.82. The van der Waals surface area contributed by atoms with E-state index in [2.05, 4.69) is 51.8 Å². The summed E-state index contributed by atoms with van der Waals surface area (Å²) in [5.41, 5.74) is 0.718. The molecule has 21 heavy (non-hydrogen) atoms. The smallest absolute Gasteiger partial charge is 0.00967 e. The van der Waals surface area contributed by atoms with Gasteiger partial charge in [0.15, 0.2) is 0 Å². The minimum atomic E-state index is 0.229. The average molecular weight is 297 g/mol. The van der Waals surface area contributed by atoms with E-state index in [1.807, 2.05) is 0 Å². The molecule has 0 spiro atoms. The van der Waals surface area contributed by atoms with Crippen molar-refractivity contribution < 1.29 is 0 Å². The van der Waals surface area contributed by atoms with Crippen molar-refractivity contribution in [2.75, 3.05) is 19.6 Å². The van der Waals surface area contributed by atoms with Crippen molar-refractivity contribution in [2.45, 2.75) is 98.1 Å². The first kappa shape index (κ1) is 19.0. The Morgan fingerprint density at radius 1 is 1.05 bits per heavy atom. The standard InChI is InChI=1S/C19H40N2/c1-7-14-21(17(2)3)16-19(15-20-18(4,5)6)12-10-8-9-11-13-19/h17,20H,7-16H2,1-6H3. The van der Waals surface area contributed by atoms with Crippen LogP contribution in [0.25, 0.3) is 0 Å². The lowest BCUT2D eigenvalue weighted by Crippen LogP contribution is -2.50. The summed E-state index contributed by atoms with van der Waals surface area (Å²) in [5, 5.41) is 3.82. The van der Waals surface area contributed by atoms with Crippen molar-refractivity contribution in [3.63, 3.8) is 0 Å². The van der Waals surface area contributed by atoms with Gasteiger partial charge in [-0.2, -0.15) is 0 Å². The van der Waals surface area contributed by atoms with E-state index in [-0.39, 0.29) is 5.54 Å².